The molecule has 1 aromatic carbocycles. The first-order chi connectivity index (χ1) is 8.86. The Bertz CT molecular complexity index is 488. The molecule has 1 aliphatic heterocycles. The minimum atomic E-state index is -4.46. The molecule has 0 aromatic heterocycles. The number of alkyl halides is 3. The molecule has 1 amide bonds. The van der Waals surface area contributed by atoms with Crippen LogP contribution in [-0.4, -0.2) is 18.5 Å². The van der Waals surface area contributed by atoms with E-state index in [1.165, 1.54) is 12.1 Å². The molecular weight excluding hydrogens is 259 g/mol. The van der Waals surface area contributed by atoms with Crippen molar-refractivity contribution in [2.75, 3.05) is 17.6 Å². The molecule has 0 bridgehead atoms. The number of anilines is 2. The van der Waals surface area contributed by atoms with Gasteiger partial charge in [-0.3, -0.25) is 4.79 Å². The van der Waals surface area contributed by atoms with E-state index in [4.69, 9.17) is 5.73 Å². The van der Waals surface area contributed by atoms with Crippen LogP contribution in [0.2, 0.25) is 0 Å². The lowest BCUT2D eigenvalue weighted by Gasteiger charge is -2.17. The van der Waals surface area contributed by atoms with Gasteiger partial charge in [0, 0.05) is 30.4 Å². The van der Waals surface area contributed by atoms with Gasteiger partial charge in [0.1, 0.15) is 0 Å². The smallest absolute Gasteiger partial charge is 0.399 e. The van der Waals surface area contributed by atoms with Crippen LogP contribution in [0.3, 0.4) is 0 Å². The van der Waals surface area contributed by atoms with Crippen molar-refractivity contribution in [3.8, 4) is 0 Å². The van der Waals surface area contributed by atoms with Crippen molar-refractivity contribution in [3.63, 3.8) is 0 Å². The normalized spacial score (nSPS) is 19.3. The Balaban J connectivity index is 2.09. The van der Waals surface area contributed by atoms with Crippen LogP contribution >= 0.6 is 0 Å². The molecular formula is C12H14F3N3O. The number of halogens is 3. The van der Waals surface area contributed by atoms with Crippen LogP contribution < -0.4 is 16.4 Å². The maximum Gasteiger partial charge on any atom is 0.418 e. The monoisotopic (exact) mass is 273 g/mol. The minimum absolute atomic E-state index is 0.0251. The van der Waals surface area contributed by atoms with Gasteiger partial charge in [-0.1, -0.05) is 0 Å². The zero-order chi connectivity index (χ0) is 14.0. The highest BCUT2D eigenvalue weighted by atomic mass is 19.4. The molecule has 0 spiro atoms. The number of benzene rings is 1. The van der Waals surface area contributed by atoms with E-state index in [-0.39, 0.29) is 29.9 Å². The fourth-order valence-corrected chi connectivity index (χ4v) is 2.01. The Morgan fingerprint density at radius 2 is 2.16 bits per heavy atom. The summed E-state index contributed by atoms with van der Waals surface area (Å²) in [5.74, 6) is -0.0693. The minimum Gasteiger partial charge on any atom is -0.399 e. The van der Waals surface area contributed by atoms with Crippen LogP contribution in [-0.2, 0) is 11.0 Å². The molecule has 0 radical (unpaired) electrons. The molecule has 0 saturated carbocycles. The summed E-state index contributed by atoms with van der Waals surface area (Å²) in [5, 5.41) is 5.41. The molecule has 4 N–H and O–H groups in total. The number of hydrogen-bond donors (Lipinski definition) is 3. The summed E-state index contributed by atoms with van der Waals surface area (Å²) in [7, 11) is 0. The molecule has 1 unspecified atom stereocenters. The van der Waals surface area contributed by atoms with E-state index in [1.54, 1.807) is 0 Å². The molecule has 2 rings (SSSR count). The first-order valence-electron chi connectivity index (χ1n) is 5.86. The van der Waals surface area contributed by atoms with Gasteiger partial charge in [-0.2, -0.15) is 13.2 Å². The predicted molar refractivity (Wildman–Crippen MR) is 65.5 cm³/mol. The molecule has 1 heterocycles. The lowest BCUT2D eigenvalue weighted by molar-refractivity contribution is -0.137. The summed E-state index contributed by atoms with van der Waals surface area (Å²) in [6.45, 7) is 0.263. The molecule has 1 saturated heterocycles. The van der Waals surface area contributed by atoms with Gasteiger partial charge in [-0.25, -0.2) is 0 Å². The molecule has 19 heavy (non-hydrogen) atoms. The molecule has 104 valence electrons. The second-order valence-electron chi connectivity index (χ2n) is 4.49. The average Bonchev–Trinajstić information content (AvgIpc) is 2.72. The quantitative estimate of drug-likeness (QED) is 0.738. The van der Waals surface area contributed by atoms with Gasteiger partial charge < -0.3 is 16.4 Å². The maximum absolute atomic E-state index is 12.8. The Kier molecular flexibility index (Phi) is 3.55. The van der Waals surface area contributed by atoms with E-state index in [0.29, 0.717) is 12.8 Å². The molecule has 1 aromatic rings. The highest BCUT2D eigenvalue weighted by Gasteiger charge is 2.34. The van der Waals surface area contributed by atoms with Crippen molar-refractivity contribution < 1.29 is 18.0 Å². The first-order valence-corrected chi connectivity index (χ1v) is 5.86. The fourth-order valence-electron chi connectivity index (χ4n) is 2.01. The van der Waals surface area contributed by atoms with E-state index in [0.717, 1.165) is 6.07 Å². The van der Waals surface area contributed by atoms with Gasteiger partial charge in [0.2, 0.25) is 5.91 Å². The Hall–Kier alpha value is -1.92. The maximum atomic E-state index is 12.8. The van der Waals surface area contributed by atoms with Crippen LogP contribution in [0.1, 0.15) is 18.4 Å². The summed E-state index contributed by atoms with van der Waals surface area (Å²) in [5.41, 5.74) is 4.62. The van der Waals surface area contributed by atoms with Crippen molar-refractivity contribution in [1.29, 1.82) is 0 Å². The van der Waals surface area contributed by atoms with Crippen LogP contribution in [0.5, 0.6) is 0 Å². The van der Waals surface area contributed by atoms with Crippen molar-refractivity contribution in [2.24, 2.45) is 0 Å². The van der Waals surface area contributed by atoms with Gasteiger partial charge in [0.25, 0.3) is 0 Å². The summed E-state index contributed by atoms with van der Waals surface area (Å²) < 4.78 is 38.5. The molecule has 0 aliphatic carbocycles. The second kappa shape index (κ2) is 4.99. The third kappa shape index (κ3) is 3.30. The number of nitrogen functional groups attached to an aromatic ring is 1. The van der Waals surface area contributed by atoms with Crippen molar-refractivity contribution in [1.82, 2.24) is 5.32 Å². The number of rotatable bonds is 3. The molecule has 1 fully saturated rings. The standard InChI is InChI=1S/C12H14F3N3O/c13-12(14,15)9-5-7(16)1-3-10(9)17-6-8-2-4-11(19)18-8/h1,3,5,8,17H,2,4,6,16H2,(H,18,19). The third-order valence-corrected chi connectivity index (χ3v) is 2.97. The second-order valence-corrected chi connectivity index (χ2v) is 4.49. The number of carbonyl (C=O) groups excluding carboxylic acids is 1. The van der Waals surface area contributed by atoms with Crippen LogP contribution in [0.25, 0.3) is 0 Å². The molecule has 7 heteroatoms. The third-order valence-electron chi connectivity index (χ3n) is 2.97. The van der Waals surface area contributed by atoms with Crippen molar-refractivity contribution in [3.05, 3.63) is 23.8 Å². The molecule has 1 aliphatic rings. The summed E-state index contributed by atoms with van der Waals surface area (Å²) in [6.07, 6.45) is -3.42. The summed E-state index contributed by atoms with van der Waals surface area (Å²) in [4.78, 5) is 11.0. The first kappa shape index (κ1) is 13.5. The number of amides is 1. The van der Waals surface area contributed by atoms with Gasteiger partial charge >= 0.3 is 6.18 Å². The van der Waals surface area contributed by atoms with Gasteiger partial charge in [-0.15, -0.1) is 0 Å². The number of hydrogen-bond acceptors (Lipinski definition) is 3. The largest absolute Gasteiger partial charge is 0.418 e. The Labute approximate surface area is 108 Å². The van der Waals surface area contributed by atoms with E-state index >= 15 is 0 Å². The lowest BCUT2D eigenvalue weighted by Crippen LogP contribution is -2.32. The van der Waals surface area contributed by atoms with Crippen molar-refractivity contribution >= 4 is 17.3 Å². The van der Waals surface area contributed by atoms with Gasteiger partial charge in [0.15, 0.2) is 0 Å². The van der Waals surface area contributed by atoms with Crippen LogP contribution in [0.15, 0.2) is 18.2 Å². The summed E-state index contributed by atoms with van der Waals surface area (Å²) in [6, 6.07) is 3.47. The SMILES string of the molecule is Nc1ccc(NCC2CCC(=O)N2)c(C(F)(F)F)c1. The topological polar surface area (TPSA) is 67.1 Å². The zero-order valence-corrected chi connectivity index (χ0v) is 10.1. The average molecular weight is 273 g/mol. The van der Waals surface area contributed by atoms with E-state index in [2.05, 4.69) is 10.6 Å². The van der Waals surface area contributed by atoms with Crippen LogP contribution in [0, 0.1) is 0 Å². The lowest BCUT2D eigenvalue weighted by atomic mass is 10.1. The molecule has 1 atom stereocenters. The van der Waals surface area contributed by atoms with Crippen LogP contribution in [0.4, 0.5) is 24.5 Å². The summed E-state index contributed by atoms with van der Waals surface area (Å²) >= 11 is 0. The highest BCUT2D eigenvalue weighted by molar-refractivity contribution is 5.78. The Morgan fingerprint density at radius 3 is 2.74 bits per heavy atom. The van der Waals surface area contributed by atoms with E-state index < -0.39 is 11.7 Å². The van der Waals surface area contributed by atoms with Gasteiger partial charge in [-0.05, 0) is 24.6 Å². The Morgan fingerprint density at radius 1 is 1.42 bits per heavy atom. The van der Waals surface area contributed by atoms with E-state index in [1.807, 2.05) is 0 Å². The van der Waals surface area contributed by atoms with Crippen molar-refractivity contribution in [2.45, 2.75) is 25.1 Å². The fraction of sp³-hybridized carbons (Fsp3) is 0.417. The predicted octanol–water partition coefficient (Wildman–Crippen LogP) is 1.98. The van der Waals surface area contributed by atoms with E-state index in [9.17, 15) is 18.0 Å². The highest BCUT2D eigenvalue weighted by Crippen LogP contribution is 2.36. The van der Waals surface area contributed by atoms with Gasteiger partial charge in [0.05, 0.1) is 5.56 Å². The number of nitrogens with one attached hydrogen (secondary N) is 2. The molecule has 4 nitrogen and oxygen atoms in total. The number of carbonyl (C=O) groups is 1. The zero-order valence-electron chi connectivity index (χ0n) is 10.1. The number of nitrogens with two attached hydrogens (primary N) is 1.